The lowest BCUT2D eigenvalue weighted by Gasteiger charge is -2.13. The highest BCUT2D eigenvalue weighted by atomic mass is 35.5. The van der Waals surface area contributed by atoms with Crippen molar-refractivity contribution in [3.05, 3.63) is 82.0 Å². The smallest absolute Gasteiger partial charge is 0.132 e. The number of rotatable bonds is 1. The molecule has 2 heterocycles. The summed E-state index contributed by atoms with van der Waals surface area (Å²) in [6, 6.07) is 10.6. The number of hydrogen-bond acceptors (Lipinski definition) is 3. The van der Waals surface area contributed by atoms with Crippen LogP contribution in [-0.4, -0.2) is 15.7 Å². The average Bonchev–Trinajstić information content (AvgIpc) is 2.72. The second kappa shape index (κ2) is 5.80. The first-order valence-corrected chi connectivity index (χ1v) is 7.92. The summed E-state index contributed by atoms with van der Waals surface area (Å²) < 4.78 is 14.5. The topological polar surface area (TPSA) is 38.1 Å². The van der Waals surface area contributed by atoms with E-state index in [1.807, 2.05) is 31.2 Å². The molecule has 5 heteroatoms. The van der Waals surface area contributed by atoms with Gasteiger partial charge in [0.25, 0.3) is 0 Å². The Morgan fingerprint density at radius 2 is 2.00 bits per heavy atom. The summed E-state index contributed by atoms with van der Waals surface area (Å²) >= 11 is 6.21. The molecule has 1 aromatic heterocycles. The summed E-state index contributed by atoms with van der Waals surface area (Å²) in [4.78, 5) is 13.2. The molecule has 1 aliphatic heterocycles. The number of benzene rings is 2. The molecule has 0 aliphatic carbocycles. The molecule has 0 fully saturated rings. The quantitative estimate of drug-likeness (QED) is 0.651. The second-order valence-electron chi connectivity index (χ2n) is 5.68. The summed E-state index contributed by atoms with van der Waals surface area (Å²) in [5.74, 6) is -0.295. The van der Waals surface area contributed by atoms with Crippen LogP contribution in [0.1, 0.15) is 22.3 Å². The lowest BCUT2D eigenvalue weighted by atomic mass is 9.93. The Morgan fingerprint density at radius 3 is 2.83 bits per heavy atom. The van der Waals surface area contributed by atoms with Gasteiger partial charge in [-0.15, -0.1) is 0 Å². The molecule has 118 valence electrons. The fourth-order valence-electron chi connectivity index (χ4n) is 3.03. The summed E-state index contributed by atoms with van der Waals surface area (Å²) in [6.07, 6.45) is 3.26. The lowest BCUT2D eigenvalue weighted by molar-refractivity contribution is 0.624. The number of halogens is 2. The number of aliphatic imine (C=N–C) groups is 1. The van der Waals surface area contributed by atoms with E-state index < -0.39 is 0 Å². The van der Waals surface area contributed by atoms with Gasteiger partial charge in [-0.1, -0.05) is 29.8 Å². The Morgan fingerprint density at radius 1 is 1.12 bits per heavy atom. The molecule has 0 saturated carbocycles. The minimum atomic E-state index is -0.295. The zero-order valence-electron chi connectivity index (χ0n) is 12.9. The van der Waals surface area contributed by atoms with E-state index >= 15 is 0 Å². The van der Waals surface area contributed by atoms with E-state index in [0.717, 1.165) is 27.9 Å². The van der Waals surface area contributed by atoms with Crippen LogP contribution >= 0.6 is 11.6 Å². The van der Waals surface area contributed by atoms with E-state index in [4.69, 9.17) is 11.6 Å². The molecule has 3 aromatic rings. The van der Waals surface area contributed by atoms with Gasteiger partial charge < -0.3 is 0 Å². The van der Waals surface area contributed by atoms with Crippen molar-refractivity contribution in [2.45, 2.75) is 13.5 Å². The predicted octanol–water partition coefficient (Wildman–Crippen LogP) is 4.60. The molecule has 0 atom stereocenters. The SMILES string of the molecule is Cc1cccc(F)c1C1=NCc2cncnc2-c2ccc(Cl)cc21. The molecule has 1 aliphatic rings. The van der Waals surface area contributed by atoms with Gasteiger partial charge in [0.05, 0.1) is 18.0 Å². The Bertz CT molecular complexity index is 962. The zero-order chi connectivity index (χ0) is 16.7. The summed E-state index contributed by atoms with van der Waals surface area (Å²) in [5, 5.41) is 0.577. The Balaban J connectivity index is 2.04. The van der Waals surface area contributed by atoms with Crippen LogP contribution < -0.4 is 0 Å². The highest BCUT2D eigenvalue weighted by Gasteiger charge is 2.23. The molecule has 0 unspecified atom stereocenters. The van der Waals surface area contributed by atoms with Crippen molar-refractivity contribution >= 4 is 17.3 Å². The normalized spacial score (nSPS) is 12.9. The first-order chi connectivity index (χ1) is 11.6. The van der Waals surface area contributed by atoms with Crippen molar-refractivity contribution in [3.8, 4) is 11.3 Å². The molecule has 3 nitrogen and oxygen atoms in total. The monoisotopic (exact) mass is 337 g/mol. The van der Waals surface area contributed by atoms with Gasteiger partial charge >= 0.3 is 0 Å². The standard InChI is InChI=1S/C19H13ClFN3/c1-11-3-2-4-16(21)17(11)19-15-7-13(20)5-6-14(15)18-12(9-23-19)8-22-10-24-18/h2-8,10H,9H2,1H3. The number of aryl methyl sites for hydroxylation is 1. The second-order valence-corrected chi connectivity index (χ2v) is 6.12. The van der Waals surface area contributed by atoms with Crippen LogP contribution in [0.5, 0.6) is 0 Å². The third-order valence-electron chi connectivity index (χ3n) is 4.15. The number of aromatic nitrogens is 2. The van der Waals surface area contributed by atoms with Crippen molar-refractivity contribution in [1.29, 1.82) is 0 Å². The van der Waals surface area contributed by atoms with E-state index in [9.17, 15) is 4.39 Å². The molecular formula is C19H13ClFN3. The third kappa shape index (κ3) is 2.39. The predicted molar refractivity (Wildman–Crippen MR) is 93.0 cm³/mol. The largest absolute Gasteiger partial charge is 0.279 e. The number of nitrogens with zero attached hydrogens (tertiary/aromatic N) is 3. The van der Waals surface area contributed by atoms with Crippen LogP contribution in [0.2, 0.25) is 5.02 Å². The van der Waals surface area contributed by atoms with E-state index in [0.29, 0.717) is 22.8 Å². The highest BCUT2D eigenvalue weighted by Crippen LogP contribution is 2.33. The van der Waals surface area contributed by atoms with Gasteiger partial charge in [-0.25, -0.2) is 14.4 Å². The number of fused-ring (bicyclic) bond motifs is 3. The third-order valence-corrected chi connectivity index (χ3v) is 4.38. The van der Waals surface area contributed by atoms with Gasteiger partial charge in [0.1, 0.15) is 12.1 Å². The van der Waals surface area contributed by atoms with E-state index in [-0.39, 0.29) is 5.82 Å². The number of hydrogen-bond donors (Lipinski definition) is 0. The minimum Gasteiger partial charge on any atom is -0.279 e. The van der Waals surface area contributed by atoms with Crippen LogP contribution in [0.3, 0.4) is 0 Å². The van der Waals surface area contributed by atoms with Gasteiger partial charge in [-0.3, -0.25) is 4.99 Å². The molecule has 24 heavy (non-hydrogen) atoms. The highest BCUT2D eigenvalue weighted by molar-refractivity contribution is 6.31. The van der Waals surface area contributed by atoms with Crippen LogP contribution in [0, 0.1) is 12.7 Å². The van der Waals surface area contributed by atoms with E-state index in [1.54, 1.807) is 12.3 Å². The van der Waals surface area contributed by atoms with Gasteiger partial charge in [-0.05, 0) is 30.7 Å². The van der Waals surface area contributed by atoms with Crippen LogP contribution in [0.4, 0.5) is 4.39 Å². The van der Waals surface area contributed by atoms with Gasteiger partial charge in [0.2, 0.25) is 0 Å². The van der Waals surface area contributed by atoms with Crippen molar-refractivity contribution in [3.63, 3.8) is 0 Å². The average molecular weight is 338 g/mol. The van der Waals surface area contributed by atoms with Crippen molar-refractivity contribution in [2.75, 3.05) is 0 Å². The summed E-state index contributed by atoms with van der Waals surface area (Å²) in [5.41, 5.74) is 5.32. The minimum absolute atomic E-state index is 0.295. The van der Waals surface area contributed by atoms with Crippen molar-refractivity contribution in [2.24, 2.45) is 4.99 Å². The van der Waals surface area contributed by atoms with E-state index in [1.165, 1.54) is 12.4 Å². The molecule has 0 radical (unpaired) electrons. The first kappa shape index (κ1) is 15.0. The Hall–Kier alpha value is -2.59. The van der Waals surface area contributed by atoms with Crippen LogP contribution in [0.25, 0.3) is 11.3 Å². The summed E-state index contributed by atoms with van der Waals surface area (Å²) in [6.45, 7) is 2.27. The van der Waals surface area contributed by atoms with Crippen molar-refractivity contribution < 1.29 is 4.39 Å². The molecule has 0 amide bonds. The van der Waals surface area contributed by atoms with Gasteiger partial charge in [0, 0.05) is 33.5 Å². The maximum absolute atomic E-state index is 14.5. The Kier molecular flexibility index (Phi) is 3.62. The molecule has 0 bridgehead atoms. The van der Waals surface area contributed by atoms with Crippen LogP contribution in [-0.2, 0) is 6.54 Å². The Labute approximate surface area is 143 Å². The maximum Gasteiger partial charge on any atom is 0.132 e. The van der Waals surface area contributed by atoms with Gasteiger partial charge in [0.15, 0.2) is 0 Å². The van der Waals surface area contributed by atoms with Gasteiger partial charge in [-0.2, -0.15) is 0 Å². The molecule has 0 N–H and O–H groups in total. The molecule has 4 rings (SSSR count). The maximum atomic E-state index is 14.5. The molecule has 0 spiro atoms. The first-order valence-electron chi connectivity index (χ1n) is 7.54. The molecular weight excluding hydrogens is 325 g/mol. The van der Waals surface area contributed by atoms with Crippen LogP contribution in [0.15, 0.2) is 53.9 Å². The van der Waals surface area contributed by atoms with E-state index in [2.05, 4.69) is 15.0 Å². The summed E-state index contributed by atoms with van der Waals surface area (Å²) in [7, 11) is 0. The molecule has 0 saturated heterocycles. The fourth-order valence-corrected chi connectivity index (χ4v) is 3.20. The van der Waals surface area contributed by atoms with Crippen molar-refractivity contribution in [1.82, 2.24) is 9.97 Å². The molecule has 2 aromatic carbocycles. The zero-order valence-corrected chi connectivity index (χ0v) is 13.7. The lowest BCUT2D eigenvalue weighted by Crippen LogP contribution is -2.09. The fraction of sp³-hybridized carbons (Fsp3) is 0.105.